The Morgan fingerprint density at radius 1 is 1.00 bits per heavy atom. The summed E-state index contributed by atoms with van der Waals surface area (Å²) in [5.74, 6) is -0.510. The number of ether oxygens (including phenoxy) is 2. The minimum Gasteiger partial charge on any atom is -0.350 e. The van der Waals surface area contributed by atoms with Crippen LogP contribution in [0.5, 0.6) is 0 Å². The number of hydrogen-bond acceptors (Lipinski definition) is 5. The smallest absolute Gasteiger partial charge is 0.261 e. The lowest BCUT2D eigenvalue weighted by Gasteiger charge is -2.34. The molecule has 0 bridgehead atoms. The van der Waals surface area contributed by atoms with E-state index in [0.717, 1.165) is 25.0 Å². The molecule has 2 heterocycles. The maximum atomic E-state index is 13.1. The number of piperidine rings is 1. The van der Waals surface area contributed by atoms with Gasteiger partial charge in [-0.3, -0.25) is 9.52 Å². The fourth-order valence-electron chi connectivity index (χ4n) is 3.77. The van der Waals surface area contributed by atoms with Gasteiger partial charge in [0, 0.05) is 19.0 Å². The Morgan fingerprint density at radius 3 is 2.30 bits per heavy atom. The predicted molar refractivity (Wildman–Crippen MR) is 108 cm³/mol. The third-order valence-electron chi connectivity index (χ3n) is 5.39. The van der Waals surface area contributed by atoms with Crippen LogP contribution in [0.25, 0.3) is 0 Å². The third kappa shape index (κ3) is 4.48. The molecule has 2 aromatic rings. The summed E-state index contributed by atoms with van der Waals surface area (Å²) in [7, 11) is -3.96. The van der Waals surface area contributed by atoms with Crippen LogP contribution in [0.4, 0.5) is 10.1 Å². The minimum atomic E-state index is -3.96. The Labute approximate surface area is 174 Å². The van der Waals surface area contributed by atoms with E-state index < -0.39 is 15.8 Å². The average Bonchev–Trinajstić information content (AvgIpc) is 3.29. The van der Waals surface area contributed by atoms with Gasteiger partial charge in [0.15, 0.2) is 6.29 Å². The van der Waals surface area contributed by atoms with Crippen molar-refractivity contribution in [3.63, 3.8) is 0 Å². The van der Waals surface area contributed by atoms with Crippen molar-refractivity contribution < 1.29 is 27.1 Å². The van der Waals surface area contributed by atoms with E-state index in [1.807, 2.05) is 0 Å². The summed E-state index contributed by atoms with van der Waals surface area (Å²) in [6, 6.07) is 11.0. The maximum Gasteiger partial charge on any atom is 0.261 e. The maximum absolute atomic E-state index is 13.1. The standard InChI is InChI=1S/C21H23FN2O5S/c22-16-5-7-17(8-6-16)30(26,27)23-19-4-2-1-3-18(19)20(25)24-11-9-15(10-12-24)21-28-13-14-29-21/h1-8,15,21,23H,9-14H2. The number of anilines is 1. The number of likely N-dealkylation sites (tertiary alicyclic amines) is 1. The SMILES string of the molecule is O=C(c1ccccc1NS(=O)(=O)c1ccc(F)cc1)N1CCC(C2OCCO2)CC1. The van der Waals surface area contributed by atoms with Crippen LogP contribution in [0.3, 0.4) is 0 Å². The predicted octanol–water partition coefficient (Wildman–Crippen LogP) is 2.85. The van der Waals surface area contributed by atoms with Crippen molar-refractivity contribution in [1.29, 1.82) is 0 Å². The second-order valence-corrected chi connectivity index (χ2v) is 9.03. The molecule has 0 spiro atoms. The first-order valence-corrected chi connectivity index (χ1v) is 11.3. The highest BCUT2D eigenvalue weighted by Gasteiger charge is 2.32. The molecule has 9 heteroatoms. The van der Waals surface area contributed by atoms with Gasteiger partial charge in [-0.1, -0.05) is 12.1 Å². The highest BCUT2D eigenvalue weighted by atomic mass is 32.2. The molecule has 0 radical (unpaired) electrons. The number of rotatable bonds is 5. The Balaban J connectivity index is 1.47. The van der Waals surface area contributed by atoms with E-state index in [2.05, 4.69) is 4.72 Å². The van der Waals surface area contributed by atoms with E-state index in [4.69, 9.17) is 9.47 Å². The number of nitrogens with zero attached hydrogens (tertiary/aromatic N) is 1. The summed E-state index contributed by atoms with van der Waals surface area (Å²) in [4.78, 5) is 14.7. The number of sulfonamides is 1. The van der Waals surface area contributed by atoms with Crippen LogP contribution in [0.15, 0.2) is 53.4 Å². The van der Waals surface area contributed by atoms with Crippen LogP contribution in [0.1, 0.15) is 23.2 Å². The van der Waals surface area contributed by atoms with E-state index in [1.54, 1.807) is 29.2 Å². The Bertz CT molecular complexity index is 998. The van der Waals surface area contributed by atoms with Crippen LogP contribution in [0, 0.1) is 11.7 Å². The van der Waals surface area contributed by atoms with E-state index >= 15 is 0 Å². The molecule has 30 heavy (non-hydrogen) atoms. The first-order chi connectivity index (χ1) is 14.4. The van der Waals surface area contributed by atoms with Crippen LogP contribution in [-0.2, 0) is 19.5 Å². The van der Waals surface area contributed by atoms with Gasteiger partial charge in [0.25, 0.3) is 15.9 Å². The van der Waals surface area contributed by atoms with Crippen molar-refractivity contribution in [1.82, 2.24) is 4.90 Å². The molecular weight excluding hydrogens is 411 g/mol. The van der Waals surface area contributed by atoms with Crippen LogP contribution < -0.4 is 4.72 Å². The van der Waals surface area contributed by atoms with Crippen LogP contribution >= 0.6 is 0 Å². The molecule has 2 aliphatic heterocycles. The lowest BCUT2D eigenvalue weighted by atomic mass is 9.95. The number of hydrogen-bond donors (Lipinski definition) is 1. The second kappa shape index (κ2) is 8.71. The first-order valence-electron chi connectivity index (χ1n) is 9.84. The lowest BCUT2D eigenvalue weighted by Crippen LogP contribution is -2.41. The molecule has 2 aromatic carbocycles. The minimum absolute atomic E-state index is 0.0801. The van der Waals surface area contributed by atoms with Gasteiger partial charge < -0.3 is 14.4 Å². The molecule has 2 saturated heterocycles. The number of carbonyl (C=O) groups excluding carboxylic acids is 1. The second-order valence-electron chi connectivity index (χ2n) is 7.34. The fraction of sp³-hybridized carbons (Fsp3) is 0.381. The quantitative estimate of drug-likeness (QED) is 0.782. The molecule has 1 amide bonds. The lowest BCUT2D eigenvalue weighted by molar-refractivity contribution is -0.0956. The zero-order valence-corrected chi connectivity index (χ0v) is 17.1. The van der Waals surface area contributed by atoms with Gasteiger partial charge in [-0.05, 0) is 49.2 Å². The molecule has 2 aliphatic rings. The molecule has 0 unspecified atom stereocenters. The van der Waals surface area contributed by atoms with Gasteiger partial charge in [-0.2, -0.15) is 0 Å². The van der Waals surface area contributed by atoms with Gasteiger partial charge >= 0.3 is 0 Å². The number of para-hydroxylation sites is 1. The fourth-order valence-corrected chi connectivity index (χ4v) is 4.85. The third-order valence-corrected chi connectivity index (χ3v) is 6.77. The molecule has 2 fully saturated rings. The number of carbonyl (C=O) groups is 1. The summed E-state index contributed by atoms with van der Waals surface area (Å²) >= 11 is 0. The Morgan fingerprint density at radius 2 is 1.63 bits per heavy atom. The highest BCUT2D eigenvalue weighted by Crippen LogP contribution is 2.28. The van der Waals surface area contributed by atoms with Gasteiger partial charge in [0.2, 0.25) is 0 Å². The summed E-state index contributed by atoms with van der Waals surface area (Å²) in [5, 5.41) is 0. The molecule has 7 nitrogen and oxygen atoms in total. The number of amides is 1. The number of nitrogens with one attached hydrogen (secondary N) is 1. The molecular formula is C21H23FN2O5S. The Kier molecular flexibility index (Phi) is 6.03. The monoisotopic (exact) mass is 434 g/mol. The van der Waals surface area contributed by atoms with E-state index in [-0.39, 0.29) is 34.3 Å². The summed E-state index contributed by atoms with van der Waals surface area (Å²) in [6.45, 7) is 2.30. The van der Waals surface area contributed by atoms with Crippen LogP contribution in [0.2, 0.25) is 0 Å². The largest absolute Gasteiger partial charge is 0.350 e. The molecule has 0 aromatic heterocycles. The number of halogens is 1. The van der Waals surface area contributed by atoms with Crippen molar-refractivity contribution in [2.24, 2.45) is 5.92 Å². The Hall–Kier alpha value is -2.49. The van der Waals surface area contributed by atoms with Gasteiger partial charge in [-0.25, -0.2) is 12.8 Å². The van der Waals surface area contributed by atoms with E-state index in [1.165, 1.54) is 12.1 Å². The van der Waals surface area contributed by atoms with Crippen LogP contribution in [-0.4, -0.2) is 51.8 Å². The van der Waals surface area contributed by atoms with E-state index in [0.29, 0.717) is 26.3 Å². The topological polar surface area (TPSA) is 84.9 Å². The van der Waals surface area contributed by atoms with Crippen molar-refractivity contribution in [3.05, 3.63) is 59.9 Å². The average molecular weight is 434 g/mol. The number of benzene rings is 2. The van der Waals surface area contributed by atoms with Crippen molar-refractivity contribution in [3.8, 4) is 0 Å². The van der Waals surface area contributed by atoms with Crippen molar-refractivity contribution >= 4 is 21.6 Å². The highest BCUT2D eigenvalue weighted by molar-refractivity contribution is 7.92. The zero-order valence-electron chi connectivity index (χ0n) is 16.3. The van der Waals surface area contributed by atoms with Crippen molar-refractivity contribution in [2.45, 2.75) is 24.0 Å². The molecule has 0 atom stereocenters. The molecule has 0 saturated carbocycles. The molecule has 0 aliphatic carbocycles. The van der Waals surface area contributed by atoms with Gasteiger partial charge in [0.1, 0.15) is 5.82 Å². The molecule has 4 rings (SSSR count). The van der Waals surface area contributed by atoms with Crippen molar-refractivity contribution in [2.75, 3.05) is 31.0 Å². The van der Waals surface area contributed by atoms with Gasteiger partial charge in [0.05, 0.1) is 29.4 Å². The molecule has 160 valence electrons. The summed E-state index contributed by atoms with van der Waals surface area (Å²) < 4.78 is 52.1. The first kappa shape index (κ1) is 20.8. The van der Waals surface area contributed by atoms with Gasteiger partial charge in [-0.15, -0.1) is 0 Å². The zero-order chi connectivity index (χ0) is 21.1. The summed E-state index contributed by atoms with van der Waals surface area (Å²) in [5.41, 5.74) is 0.464. The normalized spacial score (nSPS) is 18.5. The van der Waals surface area contributed by atoms with E-state index in [9.17, 15) is 17.6 Å². The molecule has 1 N–H and O–H groups in total. The summed E-state index contributed by atoms with van der Waals surface area (Å²) in [6.07, 6.45) is 1.33.